The van der Waals surface area contributed by atoms with Crippen LogP contribution in [0.3, 0.4) is 0 Å². The summed E-state index contributed by atoms with van der Waals surface area (Å²) in [5.41, 5.74) is 13.9. The zero-order valence-electron chi connectivity index (χ0n) is 69.8. The van der Waals surface area contributed by atoms with Gasteiger partial charge in [-0.2, -0.15) is 0 Å². The van der Waals surface area contributed by atoms with Gasteiger partial charge in [-0.3, -0.25) is 24.5 Å². The Balaban J connectivity index is 0.594. The predicted octanol–water partition coefficient (Wildman–Crippen LogP) is 16.8. The number of hydrogen-bond donors (Lipinski definition) is 4. The van der Waals surface area contributed by atoms with Crippen molar-refractivity contribution in [1.82, 2.24) is 36.2 Å². The first-order chi connectivity index (χ1) is 59.4. The van der Waals surface area contributed by atoms with E-state index in [0.29, 0.717) is 108 Å². The van der Waals surface area contributed by atoms with Crippen molar-refractivity contribution >= 4 is 64.4 Å². The Morgan fingerprint density at radius 3 is 1.57 bits per heavy atom. The lowest BCUT2D eigenvalue weighted by atomic mass is 9.43. The van der Waals surface area contributed by atoms with Crippen LogP contribution in [0.25, 0.3) is 44.4 Å². The minimum atomic E-state index is -0.890. The fourth-order valence-corrected chi connectivity index (χ4v) is 22.2. The molecule has 122 heavy (non-hydrogen) atoms. The first-order valence-corrected chi connectivity index (χ1v) is 44.0. The first kappa shape index (κ1) is 84.5. The number of benzene rings is 7. The van der Waals surface area contributed by atoms with Crippen molar-refractivity contribution in [2.45, 2.75) is 172 Å². The number of rotatable bonds is 37. The van der Waals surface area contributed by atoms with Crippen molar-refractivity contribution in [1.29, 1.82) is 0 Å². The lowest BCUT2D eigenvalue weighted by molar-refractivity contribution is -0.383. The highest BCUT2D eigenvalue weighted by atomic mass is 16.7. The van der Waals surface area contributed by atoms with Gasteiger partial charge in [-0.1, -0.05) is 173 Å². The number of non-ortho nitro benzene ring substituents is 1. The van der Waals surface area contributed by atoms with Crippen molar-refractivity contribution in [3.05, 3.63) is 201 Å². The summed E-state index contributed by atoms with van der Waals surface area (Å²) in [6.07, 6.45) is 9.05. The Hall–Kier alpha value is -11.1. The minimum Gasteiger partial charge on any atom is -0.449 e. The summed E-state index contributed by atoms with van der Waals surface area (Å²) in [5.74, 6) is -1.56. The molecule has 0 radical (unpaired) electrons. The summed E-state index contributed by atoms with van der Waals surface area (Å²) >= 11 is 0. The number of nitro groups is 1. The number of alkyl carbamates (subject to hydrolysis) is 3. The van der Waals surface area contributed by atoms with Crippen LogP contribution in [0, 0.1) is 56.5 Å². The molecule has 7 aromatic carbocycles. The summed E-state index contributed by atoms with van der Waals surface area (Å²) in [4.78, 5) is 112. The fourth-order valence-electron chi connectivity index (χ4n) is 22.2. The molecule has 8 aliphatic rings. The number of ether oxygens (including phenoxy) is 6. The molecule has 642 valence electrons. The van der Waals surface area contributed by atoms with Gasteiger partial charge in [0.05, 0.1) is 28.9 Å². The SMILES string of the molecule is C[C@H](CCCN(CC(=O)ON1C(=O)CCC1=O)C(=O)CCCCCNc1ccc([N+](=O)[O-])c2nonc12)[C@H]1CCC2C3C(C[C@H](OCCCNC(=O)OCC4c5ccccc5-c5ccccc54)[C@@]21C)[C@@]1(C)CC[C@@H](OCCCNC(=O)OCC2c4ccccc4-c4ccccc42)CC1C[C@H]3OCCCNC(=O)OCC1c2ccccc2-c2ccccc21. The lowest BCUT2D eigenvalue weighted by Gasteiger charge is -2.65. The van der Waals surface area contributed by atoms with Gasteiger partial charge in [-0.15, -0.1) is 5.06 Å². The average molecular weight is 1660 g/mol. The zero-order chi connectivity index (χ0) is 84.4. The Kier molecular flexibility index (Phi) is 26.4. The van der Waals surface area contributed by atoms with E-state index in [0.717, 1.165) is 101 Å². The van der Waals surface area contributed by atoms with Gasteiger partial charge in [-0.25, -0.2) is 23.8 Å². The van der Waals surface area contributed by atoms with Crippen LogP contribution in [0.1, 0.15) is 187 Å². The van der Waals surface area contributed by atoms with E-state index >= 15 is 0 Å². The predicted molar refractivity (Wildman–Crippen MR) is 456 cm³/mol. The van der Waals surface area contributed by atoms with E-state index in [4.69, 9.17) is 37.9 Å². The number of nitrogens with one attached hydrogen (secondary N) is 4. The molecule has 2 heterocycles. The number of hydroxylamine groups is 2. The molecule has 5 fully saturated rings. The van der Waals surface area contributed by atoms with Crippen molar-refractivity contribution in [3.8, 4) is 33.4 Å². The maximum Gasteiger partial charge on any atom is 0.407 e. The number of aromatic nitrogens is 2. The van der Waals surface area contributed by atoms with E-state index in [9.17, 15) is 43.7 Å². The molecule has 26 heteroatoms. The van der Waals surface area contributed by atoms with Gasteiger partial charge in [0.25, 0.3) is 11.8 Å². The molecule has 4 unspecified atom stereocenters. The zero-order valence-corrected chi connectivity index (χ0v) is 69.8. The number of nitrogens with zero attached hydrogens (tertiary/aromatic N) is 5. The molecule has 1 aromatic heterocycles. The molecule has 6 amide bonds. The maximum absolute atomic E-state index is 14.4. The van der Waals surface area contributed by atoms with Gasteiger partial charge in [0, 0.05) is 101 Å². The Bertz CT molecular complexity index is 4980. The number of anilines is 1. The van der Waals surface area contributed by atoms with Crippen molar-refractivity contribution < 1.29 is 76.4 Å². The highest BCUT2D eigenvalue weighted by Crippen LogP contribution is 2.70. The Labute approximate surface area is 711 Å². The van der Waals surface area contributed by atoms with E-state index in [1.54, 1.807) is 6.07 Å². The van der Waals surface area contributed by atoms with Crippen molar-refractivity contribution in [2.75, 3.05) is 84.2 Å². The van der Waals surface area contributed by atoms with Gasteiger partial charge in [0.1, 0.15) is 26.4 Å². The molecule has 0 spiro atoms. The molecule has 11 atom stereocenters. The molecule has 4 N–H and O–H groups in total. The summed E-state index contributed by atoms with van der Waals surface area (Å²) in [5, 5.41) is 32.1. The Morgan fingerprint density at radius 2 is 1.05 bits per heavy atom. The second kappa shape index (κ2) is 38.1. The van der Waals surface area contributed by atoms with Crippen LogP contribution in [-0.4, -0.2) is 164 Å². The second-order valence-corrected chi connectivity index (χ2v) is 34.9. The number of amides is 6. The van der Waals surface area contributed by atoms with Gasteiger partial charge < -0.3 is 59.4 Å². The third-order valence-corrected chi connectivity index (χ3v) is 28.2. The van der Waals surface area contributed by atoms with Gasteiger partial charge in [0.15, 0.2) is 5.52 Å². The van der Waals surface area contributed by atoms with Gasteiger partial charge in [-0.05, 0) is 214 Å². The number of carbonyl (C=O) groups is 7. The quantitative estimate of drug-likeness (QED) is 0.00924. The normalized spacial score (nSPS) is 23.1. The first-order valence-electron chi connectivity index (χ1n) is 44.0. The molecule has 1 saturated heterocycles. The third kappa shape index (κ3) is 17.9. The summed E-state index contributed by atoms with van der Waals surface area (Å²) in [6, 6.07) is 52.6. The number of imide groups is 1. The maximum atomic E-state index is 14.4. The molecule has 4 saturated carbocycles. The molecule has 26 nitrogen and oxygen atoms in total. The number of carbonyl (C=O) groups excluding carboxylic acids is 7. The Morgan fingerprint density at radius 1 is 0.557 bits per heavy atom. The van der Waals surface area contributed by atoms with E-state index in [-0.39, 0.29) is 151 Å². The highest BCUT2D eigenvalue weighted by molar-refractivity contribution is 6.02. The number of fused-ring (bicyclic) bond motifs is 15. The lowest BCUT2D eigenvalue weighted by Crippen LogP contribution is -2.63. The standard InChI is InChI=1S/C96H111N9O17/c1-60(23-19-49-103(56-88(109)121-104-86(107)41-42-87(104)108)85(106)36-5-4-18-45-97-81-39-40-82(105(113)114)91-90(81)101-122-102-91)78-37-38-79-89-80(55-84(96(78,79)3)117-52-22-48-100-94(112)120-59-77-73-34-16-10-28-67(73)68-29-11-17-35-74(68)77)95(2)44-43-62(115-50-20-46-98-92(110)118-57-75-69-30-12-6-24-63(69)64-25-7-13-31-70(64)75)53-61(95)54-83(89)116-51-21-47-99-93(111)119-58-76-71-32-14-8-26-65(71)66-27-9-15-33-72(66)76/h6-17,24-35,39-40,60-62,75-80,83-84,89,97H,4-5,18-23,36-38,41-59H2,1-3H3,(H,98,110)(H,99,111)(H,100,112)/t60-,61?,62-,78-,79?,80?,83-,84+,89?,95+,96-/m1/s1. The van der Waals surface area contributed by atoms with Crippen molar-refractivity contribution in [3.63, 3.8) is 0 Å². The number of unbranched alkanes of at least 4 members (excludes halogenated alkanes) is 2. The van der Waals surface area contributed by atoms with Crippen LogP contribution in [0.5, 0.6) is 0 Å². The van der Waals surface area contributed by atoms with Gasteiger partial charge in [0.2, 0.25) is 11.4 Å². The van der Waals surface area contributed by atoms with Crippen LogP contribution in [0.4, 0.5) is 25.8 Å². The van der Waals surface area contributed by atoms with Gasteiger partial charge >= 0.3 is 29.9 Å². The van der Waals surface area contributed by atoms with E-state index < -0.39 is 47.5 Å². The molecule has 8 aromatic rings. The smallest absolute Gasteiger partial charge is 0.407 e. The number of nitro benzene ring substituents is 1. The monoisotopic (exact) mass is 1660 g/mol. The second-order valence-electron chi connectivity index (χ2n) is 34.9. The molecule has 0 bridgehead atoms. The van der Waals surface area contributed by atoms with E-state index in [1.165, 1.54) is 22.1 Å². The molecule has 16 rings (SSSR count). The third-order valence-electron chi connectivity index (χ3n) is 28.2. The van der Waals surface area contributed by atoms with Crippen LogP contribution in [-0.2, 0) is 52.4 Å². The minimum absolute atomic E-state index is 0.00458. The van der Waals surface area contributed by atoms with Crippen LogP contribution in [0.15, 0.2) is 162 Å². The summed E-state index contributed by atoms with van der Waals surface area (Å²) in [6.45, 7) is 10.5. The molecular weight excluding hydrogens is 1550 g/mol. The molecule has 7 aliphatic carbocycles. The fraction of sp³-hybridized carbons (Fsp3) is 0.490. The van der Waals surface area contributed by atoms with Crippen LogP contribution in [0.2, 0.25) is 0 Å². The van der Waals surface area contributed by atoms with E-state index in [1.807, 2.05) is 72.8 Å². The largest absolute Gasteiger partial charge is 0.449 e. The van der Waals surface area contributed by atoms with Crippen LogP contribution >= 0.6 is 0 Å². The number of hydrogen-bond acceptors (Lipinski definition) is 20. The van der Waals surface area contributed by atoms with E-state index in [2.05, 4.69) is 125 Å². The van der Waals surface area contributed by atoms with Crippen LogP contribution < -0.4 is 21.3 Å². The molecular formula is C96H111N9O17. The summed E-state index contributed by atoms with van der Waals surface area (Å²) < 4.78 is 44.3. The molecule has 1 aliphatic heterocycles. The average Bonchev–Trinajstić information content (AvgIpc) is 1.37. The summed E-state index contributed by atoms with van der Waals surface area (Å²) in [7, 11) is 0. The topological polar surface area (TPSA) is 321 Å². The highest BCUT2D eigenvalue weighted by Gasteiger charge is 2.67. The van der Waals surface area contributed by atoms with Crippen molar-refractivity contribution in [2.24, 2.45) is 46.3 Å².